The molecular weight excluding hydrogens is 687 g/mol. The van der Waals surface area contributed by atoms with E-state index in [0.717, 1.165) is 15.3 Å². The van der Waals surface area contributed by atoms with Crippen LogP contribution in [0.4, 0.5) is 0 Å². The number of nitrogens with one attached hydrogen (secondary N) is 2. The number of primary amides is 1. The number of aliphatic hydroxyl groups excluding tert-OH is 1. The van der Waals surface area contributed by atoms with Gasteiger partial charge in [0.2, 0.25) is 21.8 Å². The molecule has 0 aliphatic rings. The fourth-order valence-electron chi connectivity index (χ4n) is 5.77. The van der Waals surface area contributed by atoms with Crippen LogP contribution in [0.2, 0.25) is 0 Å². The van der Waals surface area contributed by atoms with Gasteiger partial charge in [-0.15, -0.1) is 0 Å². The van der Waals surface area contributed by atoms with Gasteiger partial charge in [-0.2, -0.15) is 4.31 Å². The van der Waals surface area contributed by atoms with E-state index in [-0.39, 0.29) is 34.6 Å². The third kappa shape index (κ3) is 8.46. The molecule has 0 saturated heterocycles. The predicted octanol–water partition coefficient (Wildman–Crippen LogP) is 2.72. The quantitative estimate of drug-likeness (QED) is 0.122. The molecule has 0 spiro atoms. The zero-order valence-corrected chi connectivity index (χ0v) is 28.5. The largest absolute Gasteiger partial charge is 0.390 e. The molecule has 3 atom stereocenters. The van der Waals surface area contributed by atoms with Gasteiger partial charge in [-0.05, 0) is 52.1 Å². The Balaban J connectivity index is 1.29. The maximum absolute atomic E-state index is 14.3. The second-order valence-corrected chi connectivity index (χ2v) is 14.0. The van der Waals surface area contributed by atoms with E-state index >= 15 is 0 Å². The fraction of sp³-hybridized carbons (Fsp3) is 0.189. The molecule has 0 unspecified atom stereocenters. The minimum Gasteiger partial charge on any atom is -0.390 e. The molecule has 2 heterocycles. The van der Waals surface area contributed by atoms with E-state index in [9.17, 15) is 27.9 Å². The lowest BCUT2D eigenvalue weighted by atomic mass is 10.00. The molecular formula is C37H35N7O7S. The molecule has 0 saturated carbocycles. The highest BCUT2D eigenvalue weighted by atomic mass is 32.2. The maximum Gasteiger partial charge on any atom is 0.270 e. The van der Waals surface area contributed by atoms with Gasteiger partial charge in [0.25, 0.3) is 5.91 Å². The van der Waals surface area contributed by atoms with Crippen molar-refractivity contribution in [1.82, 2.24) is 30.2 Å². The van der Waals surface area contributed by atoms with Gasteiger partial charge < -0.3 is 21.5 Å². The van der Waals surface area contributed by atoms with Gasteiger partial charge in [-0.25, -0.2) is 18.0 Å². The highest BCUT2D eigenvalue weighted by molar-refractivity contribution is 7.89. The highest BCUT2D eigenvalue weighted by Crippen LogP contribution is 2.26. The number of rotatable bonds is 15. The summed E-state index contributed by atoms with van der Waals surface area (Å²) >= 11 is 0. The number of aromatic nitrogens is 3. The maximum atomic E-state index is 14.3. The van der Waals surface area contributed by atoms with Gasteiger partial charge in [-0.1, -0.05) is 91.0 Å². The van der Waals surface area contributed by atoms with Crippen molar-refractivity contribution in [2.45, 2.75) is 42.5 Å². The van der Waals surface area contributed by atoms with E-state index in [1.165, 1.54) is 18.2 Å². The Labute approximate surface area is 298 Å². The van der Waals surface area contributed by atoms with Crippen LogP contribution in [0, 0.1) is 0 Å². The summed E-state index contributed by atoms with van der Waals surface area (Å²) in [6.45, 7) is -0.600. The van der Waals surface area contributed by atoms with Gasteiger partial charge in [0.1, 0.15) is 22.1 Å². The summed E-state index contributed by atoms with van der Waals surface area (Å²) in [6.07, 6.45) is -1.98. The molecule has 0 aliphatic heterocycles. The summed E-state index contributed by atoms with van der Waals surface area (Å²) in [7, 11) is -4.35. The summed E-state index contributed by atoms with van der Waals surface area (Å²) in [5, 5.41) is 25.5. The number of nitrogens with zero attached hydrogens (tertiary/aromatic N) is 4. The number of nitrogens with two attached hydrogens (primary N) is 1. The molecule has 0 fully saturated rings. The second-order valence-electron chi connectivity index (χ2n) is 12.1. The standard InChI is InChI=1S/C37H35N7O7S/c38-34(46)21-31(41-36(47)29-19-18-26-14-7-8-15-27(26)39-29)37(48)40-30(20-24-10-3-1-4-11-24)32(45)23-44(22-25-12-5-2-6-13-25)52(49,50)33-17-9-16-28-35(33)43-51-42-28/h1-19,30-32,45H,20-23H2,(H2,38,46)(H,40,48)(H,41,47)/t30-,31-,32+/m0/s1. The number of carbonyl (C=O) groups is 3. The lowest BCUT2D eigenvalue weighted by Crippen LogP contribution is -2.56. The number of fused-ring (bicyclic) bond motifs is 2. The molecule has 2 aromatic heterocycles. The van der Waals surface area contributed by atoms with E-state index in [1.807, 2.05) is 12.1 Å². The lowest BCUT2D eigenvalue weighted by Gasteiger charge is -2.31. The van der Waals surface area contributed by atoms with Crippen molar-refractivity contribution < 1.29 is 32.5 Å². The Bertz CT molecular complexity index is 2300. The molecule has 3 amide bonds. The van der Waals surface area contributed by atoms with E-state index < -0.39 is 58.9 Å². The van der Waals surface area contributed by atoms with Gasteiger partial charge in [0, 0.05) is 18.5 Å². The smallest absolute Gasteiger partial charge is 0.270 e. The molecule has 0 bridgehead atoms. The second kappa shape index (κ2) is 15.9. The molecule has 5 N–H and O–H groups in total. The minimum atomic E-state index is -4.35. The number of sulfonamides is 1. The number of amides is 3. The first-order valence-corrected chi connectivity index (χ1v) is 17.7. The zero-order valence-electron chi connectivity index (χ0n) is 27.7. The zero-order chi connectivity index (χ0) is 36.7. The fourth-order valence-corrected chi connectivity index (χ4v) is 7.35. The molecule has 0 radical (unpaired) electrons. The Morgan fingerprint density at radius 2 is 1.46 bits per heavy atom. The topological polar surface area (TPSA) is 211 Å². The molecule has 52 heavy (non-hydrogen) atoms. The van der Waals surface area contributed by atoms with Gasteiger partial charge >= 0.3 is 0 Å². The first-order chi connectivity index (χ1) is 25.1. The third-order valence-electron chi connectivity index (χ3n) is 8.41. The van der Waals surface area contributed by atoms with Crippen LogP contribution >= 0.6 is 0 Å². The van der Waals surface area contributed by atoms with Gasteiger partial charge in [0.15, 0.2) is 5.52 Å². The van der Waals surface area contributed by atoms with Crippen LogP contribution in [0.3, 0.4) is 0 Å². The van der Waals surface area contributed by atoms with Crippen molar-refractivity contribution in [3.63, 3.8) is 0 Å². The predicted molar refractivity (Wildman–Crippen MR) is 191 cm³/mol. The van der Waals surface area contributed by atoms with E-state index in [4.69, 9.17) is 10.4 Å². The van der Waals surface area contributed by atoms with Gasteiger partial charge in [-0.3, -0.25) is 14.4 Å². The van der Waals surface area contributed by atoms with Crippen LogP contribution in [-0.4, -0.2) is 75.6 Å². The summed E-state index contributed by atoms with van der Waals surface area (Å²) in [6, 6.07) is 30.1. The van der Waals surface area contributed by atoms with Crippen molar-refractivity contribution in [3.8, 4) is 0 Å². The normalized spacial score (nSPS) is 13.4. The average Bonchev–Trinajstić information content (AvgIpc) is 3.64. The van der Waals surface area contributed by atoms with Crippen LogP contribution in [0.25, 0.3) is 21.9 Å². The van der Waals surface area contributed by atoms with Crippen molar-refractivity contribution in [2.75, 3.05) is 6.54 Å². The SMILES string of the molecule is NC(=O)C[C@H](NC(=O)c1ccc2ccccc2n1)C(=O)N[C@@H](Cc1ccccc1)[C@H](O)CN(Cc1ccccc1)S(=O)(=O)c1cccc2nonc12. The summed E-state index contributed by atoms with van der Waals surface area (Å²) < 4.78 is 34.4. The average molecular weight is 722 g/mol. The van der Waals surface area contributed by atoms with Crippen LogP contribution < -0.4 is 16.4 Å². The first-order valence-electron chi connectivity index (χ1n) is 16.3. The number of pyridine rings is 1. The third-order valence-corrected chi connectivity index (χ3v) is 10.3. The molecule has 4 aromatic carbocycles. The Morgan fingerprint density at radius 1 is 0.788 bits per heavy atom. The number of benzene rings is 4. The molecule has 266 valence electrons. The number of aliphatic hydroxyl groups is 1. The molecule has 0 aliphatic carbocycles. The minimum absolute atomic E-state index is 0.0148. The van der Waals surface area contributed by atoms with E-state index in [0.29, 0.717) is 11.1 Å². The highest BCUT2D eigenvalue weighted by Gasteiger charge is 2.34. The Morgan fingerprint density at radius 3 is 2.19 bits per heavy atom. The van der Waals surface area contributed by atoms with Crippen LogP contribution in [-0.2, 0) is 32.6 Å². The number of hydrogen-bond acceptors (Lipinski definition) is 10. The van der Waals surface area contributed by atoms with Crippen molar-refractivity contribution in [2.24, 2.45) is 5.73 Å². The summed E-state index contributed by atoms with van der Waals surface area (Å²) in [5.74, 6) is -2.39. The molecule has 14 nitrogen and oxygen atoms in total. The van der Waals surface area contributed by atoms with Crippen LogP contribution in [0.5, 0.6) is 0 Å². The summed E-state index contributed by atoms with van der Waals surface area (Å²) in [5.41, 5.74) is 7.67. The first kappa shape index (κ1) is 35.8. The molecule has 6 aromatic rings. The van der Waals surface area contributed by atoms with Crippen molar-refractivity contribution in [3.05, 3.63) is 132 Å². The Kier molecular flexibility index (Phi) is 10.9. The molecule has 6 rings (SSSR count). The van der Waals surface area contributed by atoms with Crippen LogP contribution in [0.1, 0.15) is 28.0 Å². The van der Waals surface area contributed by atoms with E-state index in [1.54, 1.807) is 84.9 Å². The number of para-hydroxylation sites is 1. The van der Waals surface area contributed by atoms with Crippen molar-refractivity contribution in [1.29, 1.82) is 0 Å². The monoisotopic (exact) mass is 721 g/mol. The molecule has 15 heteroatoms. The summed E-state index contributed by atoms with van der Waals surface area (Å²) in [4.78, 5) is 43.4. The number of carbonyl (C=O) groups excluding carboxylic acids is 3. The number of hydrogen-bond donors (Lipinski definition) is 4. The Hall–Kier alpha value is -6.03. The van der Waals surface area contributed by atoms with Crippen molar-refractivity contribution >= 4 is 49.7 Å². The van der Waals surface area contributed by atoms with Crippen LogP contribution in [0.15, 0.2) is 125 Å². The lowest BCUT2D eigenvalue weighted by molar-refractivity contribution is -0.128. The van der Waals surface area contributed by atoms with Gasteiger partial charge in [0.05, 0.1) is 24.1 Å². The van der Waals surface area contributed by atoms with E-state index in [2.05, 4.69) is 25.9 Å².